The van der Waals surface area contributed by atoms with Crippen molar-refractivity contribution in [1.82, 2.24) is 9.88 Å². The predicted molar refractivity (Wildman–Crippen MR) is 105 cm³/mol. The second kappa shape index (κ2) is 7.35. The molecule has 0 atom stereocenters. The molecular formula is C22H24N2O3. The number of hydrogen-bond donors (Lipinski definition) is 1. The number of carbonyl (C=O) groups is 1. The Hall–Kier alpha value is -2.95. The first-order chi connectivity index (χ1) is 13.2. The Morgan fingerprint density at radius 1 is 1.07 bits per heavy atom. The van der Waals surface area contributed by atoms with E-state index in [1.807, 2.05) is 41.3 Å². The second-order valence-electron chi connectivity index (χ2n) is 6.91. The van der Waals surface area contributed by atoms with E-state index in [0.29, 0.717) is 13.0 Å². The first kappa shape index (κ1) is 17.5. The molecule has 140 valence electrons. The number of nitrogens with one attached hydrogen (secondary N) is 1. The van der Waals surface area contributed by atoms with Crippen LogP contribution >= 0.6 is 0 Å². The maximum absolute atomic E-state index is 12.8. The van der Waals surface area contributed by atoms with Crippen LogP contribution in [0.1, 0.15) is 23.2 Å². The van der Waals surface area contributed by atoms with Gasteiger partial charge in [-0.25, -0.2) is 0 Å². The van der Waals surface area contributed by atoms with E-state index < -0.39 is 0 Å². The van der Waals surface area contributed by atoms with E-state index in [-0.39, 0.29) is 5.91 Å². The number of benzene rings is 2. The van der Waals surface area contributed by atoms with E-state index in [0.717, 1.165) is 47.4 Å². The van der Waals surface area contributed by atoms with Gasteiger partial charge in [-0.15, -0.1) is 0 Å². The summed E-state index contributed by atoms with van der Waals surface area (Å²) in [4.78, 5) is 18.2. The number of ether oxygens (including phenoxy) is 2. The molecule has 0 saturated carbocycles. The molecule has 0 spiro atoms. The first-order valence-corrected chi connectivity index (χ1v) is 9.26. The van der Waals surface area contributed by atoms with Crippen LogP contribution in [0.5, 0.6) is 11.5 Å². The summed E-state index contributed by atoms with van der Waals surface area (Å²) in [5.74, 6) is 1.88. The highest BCUT2D eigenvalue weighted by atomic mass is 16.5. The molecule has 1 aliphatic rings. The van der Waals surface area contributed by atoms with Crippen molar-refractivity contribution >= 4 is 16.8 Å². The quantitative estimate of drug-likeness (QED) is 0.751. The van der Waals surface area contributed by atoms with Gasteiger partial charge in [0.1, 0.15) is 11.5 Å². The van der Waals surface area contributed by atoms with Crippen LogP contribution in [-0.4, -0.2) is 36.6 Å². The smallest absolute Gasteiger partial charge is 0.223 e. The van der Waals surface area contributed by atoms with Crippen LogP contribution in [0.15, 0.2) is 42.5 Å². The molecule has 5 nitrogen and oxygen atoms in total. The van der Waals surface area contributed by atoms with Crippen LogP contribution < -0.4 is 9.47 Å². The summed E-state index contributed by atoms with van der Waals surface area (Å²) in [6.45, 7) is 1.42. The Balaban J connectivity index is 1.45. The number of aryl methyl sites for hydroxylation is 1. The zero-order chi connectivity index (χ0) is 18.8. The minimum Gasteiger partial charge on any atom is -0.497 e. The molecule has 0 radical (unpaired) electrons. The first-order valence-electron chi connectivity index (χ1n) is 9.26. The number of amides is 1. The molecule has 0 bridgehead atoms. The van der Waals surface area contributed by atoms with Crippen molar-refractivity contribution in [1.29, 1.82) is 0 Å². The SMILES string of the molecule is COc1ccc(CCC(=O)N2CCc3[nH]c4ccc(OC)cc4c3C2)cc1. The highest BCUT2D eigenvalue weighted by Gasteiger charge is 2.24. The van der Waals surface area contributed by atoms with E-state index in [1.165, 1.54) is 11.3 Å². The van der Waals surface area contributed by atoms with Crippen molar-refractivity contribution in [3.8, 4) is 11.5 Å². The number of fused-ring (bicyclic) bond motifs is 3. The molecule has 3 aromatic rings. The van der Waals surface area contributed by atoms with Crippen molar-refractivity contribution in [2.24, 2.45) is 0 Å². The lowest BCUT2D eigenvalue weighted by atomic mass is 10.0. The molecule has 2 aromatic carbocycles. The van der Waals surface area contributed by atoms with Crippen LogP contribution in [0.25, 0.3) is 10.9 Å². The lowest BCUT2D eigenvalue weighted by Gasteiger charge is -2.27. The van der Waals surface area contributed by atoms with E-state index in [1.54, 1.807) is 14.2 Å². The van der Waals surface area contributed by atoms with Gasteiger partial charge in [-0.2, -0.15) is 0 Å². The fourth-order valence-corrected chi connectivity index (χ4v) is 3.73. The maximum atomic E-state index is 12.8. The van der Waals surface area contributed by atoms with Gasteiger partial charge in [-0.05, 0) is 42.3 Å². The standard InChI is InChI=1S/C22H24N2O3/c1-26-16-6-3-15(4-7-16)5-10-22(25)24-12-11-21-19(14-24)18-13-17(27-2)8-9-20(18)23-21/h3-4,6-9,13,23H,5,10-12,14H2,1-2H3. The van der Waals surface area contributed by atoms with Gasteiger partial charge < -0.3 is 19.4 Å². The van der Waals surface area contributed by atoms with Gasteiger partial charge in [-0.3, -0.25) is 4.79 Å². The summed E-state index contributed by atoms with van der Waals surface area (Å²) in [5, 5.41) is 1.15. The number of H-pyrrole nitrogens is 1. The van der Waals surface area contributed by atoms with Gasteiger partial charge >= 0.3 is 0 Å². The maximum Gasteiger partial charge on any atom is 0.223 e. The second-order valence-corrected chi connectivity index (χ2v) is 6.91. The van der Waals surface area contributed by atoms with Gasteiger partial charge in [0.15, 0.2) is 0 Å². The van der Waals surface area contributed by atoms with Gasteiger partial charge in [0, 0.05) is 48.1 Å². The number of rotatable bonds is 5. The lowest BCUT2D eigenvalue weighted by Crippen LogP contribution is -2.35. The van der Waals surface area contributed by atoms with Crippen molar-refractivity contribution in [3.63, 3.8) is 0 Å². The molecule has 0 saturated heterocycles. The molecule has 27 heavy (non-hydrogen) atoms. The van der Waals surface area contributed by atoms with Crippen LogP contribution in [-0.2, 0) is 24.2 Å². The normalized spacial score (nSPS) is 13.5. The zero-order valence-corrected chi connectivity index (χ0v) is 15.7. The summed E-state index contributed by atoms with van der Waals surface area (Å²) in [6.07, 6.45) is 2.13. The van der Waals surface area contributed by atoms with Crippen LogP contribution in [0.3, 0.4) is 0 Å². The minimum absolute atomic E-state index is 0.203. The number of methoxy groups -OCH3 is 2. The third-order valence-corrected chi connectivity index (χ3v) is 5.32. The average Bonchev–Trinajstić information content (AvgIpc) is 3.09. The Morgan fingerprint density at radius 2 is 1.81 bits per heavy atom. The topological polar surface area (TPSA) is 54.6 Å². The highest BCUT2D eigenvalue weighted by molar-refractivity contribution is 5.87. The molecule has 2 heterocycles. The molecule has 5 heteroatoms. The van der Waals surface area contributed by atoms with Gasteiger partial charge in [0.2, 0.25) is 5.91 Å². The number of aromatic amines is 1. The van der Waals surface area contributed by atoms with Crippen LogP contribution in [0.2, 0.25) is 0 Å². The Morgan fingerprint density at radius 3 is 2.56 bits per heavy atom. The summed E-state index contributed by atoms with van der Waals surface area (Å²) in [6, 6.07) is 14.0. The number of nitrogens with zero attached hydrogens (tertiary/aromatic N) is 1. The van der Waals surface area contributed by atoms with Crippen molar-refractivity contribution in [2.45, 2.75) is 25.8 Å². The highest BCUT2D eigenvalue weighted by Crippen LogP contribution is 2.30. The molecule has 1 aromatic heterocycles. The number of carbonyl (C=O) groups excluding carboxylic acids is 1. The Bertz CT molecular complexity index is 960. The van der Waals surface area contributed by atoms with Gasteiger partial charge in [0.05, 0.1) is 14.2 Å². The third-order valence-electron chi connectivity index (χ3n) is 5.32. The molecule has 1 amide bonds. The predicted octanol–water partition coefficient (Wildman–Crippen LogP) is 3.70. The Kier molecular flexibility index (Phi) is 4.75. The summed E-state index contributed by atoms with van der Waals surface area (Å²) in [7, 11) is 3.33. The molecule has 0 fully saturated rings. The summed E-state index contributed by atoms with van der Waals surface area (Å²) >= 11 is 0. The molecule has 1 N–H and O–H groups in total. The van der Waals surface area contributed by atoms with Gasteiger partial charge in [-0.1, -0.05) is 12.1 Å². The summed E-state index contributed by atoms with van der Waals surface area (Å²) in [5.41, 5.74) is 4.71. The van der Waals surface area contributed by atoms with Crippen LogP contribution in [0.4, 0.5) is 0 Å². The van der Waals surface area contributed by atoms with Gasteiger partial charge in [0.25, 0.3) is 0 Å². The molecule has 0 aliphatic carbocycles. The molecule has 1 aliphatic heterocycles. The summed E-state index contributed by atoms with van der Waals surface area (Å²) < 4.78 is 10.5. The minimum atomic E-state index is 0.203. The number of aromatic nitrogens is 1. The van der Waals surface area contributed by atoms with Crippen molar-refractivity contribution < 1.29 is 14.3 Å². The van der Waals surface area contributed by atoms with E-state index in [2.05, 4.69) is 11.1 Å². The monoisotopic (exact) mass is 364 g/mol. The molecular weight excluding hydrogens is 340 g/mol. The fourth-order valence-electron chi connectivity index (χ4n) is 3.73. The Labute approximate surface area is 158 Å². The zero-order valence-electron chi connectivity index (χ0n) is 15.7. The third kappa shape index (κ3) is 3.50. The number of hydrogen-bond acceptors (Lipinski definition) is 3. The van der Waals surface area contributed by atoms with E-state index in [4.69, 9.17) is 9.47 Å². The molecule has 4 rings (SSSR count). The van der Waals surface area contributed by atoms with E-state index >= 15 is 0 Å². The van der Waals surface area contributed by atoms with E-state index in [9.17, 15) is 4.79 Å². The largest absolute Gasteiger partial charge is 0.497 e. The lowest BCUT2D eigenvalue weighted by molar-refractivity contribution is -0.132. The fraction of sp³-hybridized carbons (Fsp3) is 0.318. The van der Waals surface area contributed by atoms with Crippen LogP contribution in [0, 0.1) is 0 Å². The molecule has 0 unspecified atom stereocenters. The van der Waals surface area contributed by atoms with Crippen molar-refractivity contribution in [2.75, 3.05) is 20.8 Å². The average molecular weight is 364 g/mol. The van der Waals surface area contributed by atoms with Crippen molar-refractivity contribution in [3.05, 3.63) is 59.3 Å².